The lowest BCUT2D eigenvalue weighted by Gasteiger charge is -2.03. The first-order chi connectivity index (χ1) is 5.09. The Morgan fingerprint density at radius 2 is 2.09 bits per heavy atom. The second kappa shape index (κ2) is 3.50. The maximum absolute atomic E-state index is 5.64. The highest BCUT2D eigenvalue weighted by Gasteiger charge is 2.03. The van der Waals surface area contributed by atoms with E-state index in [1.165, 1.54) is 0 Å². The van der Waals surface area contributed by atoms with Crippen molar-refractivity contribution in [2.45, 2.75) is 19.8 Å². The Balaban J connectivity index is 3.08. The summed E-state index contributed by atoms with van der Waals surface area (Å²) in [6.07, 6.45) is 0. The Kier molecular flexibility index (Phi) is 2.84. The minimum atomic E-state index is 0.295. The molecule has 0 bridgehead atoms. The minimum absolute atomic E-state index is 0.295. The maximum atomic E-state index is 5.64. The van der Waals surface area contributed by atoms with Gasteiger partial charge in [0.2, 0.25) is 5.28 Å². The molecule has 0 aliphatic heterocycles. The number of aromatic nitrogens is 2. The molecule has 1 heterocycles. The van der Waals surface area contributed by atoms with Gasteiger partial charge in [0.1, 0.15) is 4.60 Å². The third-order valence-corrected chi connectivity index (χ3v) is 1.85. The van der Waals surface area contributed by atoms with Crippen molar-refractivity contribution in [2.24, 2.45) is 0 Å². The molecule has 0 aliphatic rings. The first-order valence-corrected chi connectivity index (χ1v) is 4.46. The average molecular weight is 236 g/mol. The largest absolute Gasteiger partial charge is 0.223 e. The Labute approximate surface area is 79.1 Å². The highest BCUT2D eigenvalue weighted by atomic mass is 79.9. The van der Waals surface area contributed by atoms with E-state index in [2.05, 4.69) is 39.7 Å². The molecule has 0 amide bonds. The van der Waals surface area contributed by atoms with Crippen molar-refractivity contribution >= 4 is 27.5 Å². The summed E-state index contributed by atoms with van der Waals surface area (Å²) >= 11 is 8.89. The van der Waals surface area contributed by atoms with Crippen molar-refractivity contribution < 1.29 is 0 Å². The molecular formula is C7H8BrClN2. The molecule has 0 saturated heterocycles. The number of hydrogen-bond acceptors (Lipinski definition) is 2. The van der Waals surface area contributed by atoms with Gasteiger partial charge in [-0.05, 0) is 39.5 Å². The summed E-state index contributed by atoms with van der Waals surface area (Å²) in [6.45, 7) is 4.12. The normalized spacial score (nSPS) is 10.6. The van der Waals surface area contributed by atoms with Crippen LogP contribution in [0.3, 0.4) is 0 Å². The second-order valence-electron chi connectivity index (χ2n) is 2.54. The second-order valence-corrected chi connectivity index (χ2v) is 3.69. The van der Waals surface area contributed by atoms with Crippen molar-refractivity contribution in [3.05, 3.63) is 21.6 Å². The predicted molar refractivity (Wildman–Crippen MR) is 48.8 cm³/mol. The Bertz CT molecular complexity index is 242. The van der Waals surface area contributed by atoms with Gasteiger partial charge in [-0.15, -0.1) is 0 Å². The van der Waals surface area contributed by atoms with Crippen LogP contribution in [0, 0.1) is 0 Å². The monoisotopic (exact) mass is 234 g/mol. The van der Waals surface area contributed by atoms with Crippen molar-refractivity contribution in [1.29, 1.82) is 0 Å². The fourth-order valence-electron chi connectivity index (χ4n) is 0.702. The molecule has 1 aromatic rings. The molecule has 0 fully saturated rings. The zero-order chi connectivity index (χ0) is 8.43. The van der Waals surface area contributed by atoms with Crippen LogP contribution in [0.4, 0.5) is 0 Å². The molecule has 0 radical (unpaired) electrons. The van der Waals surface area contributed by atoms with Crippen LogP contribution in [-0.2, 0) is 0 Å². The van der Waals surface area contributed by atoms with Gasteiger partial charge in [-0.3, -0.25) is 0 Å². The van der Waals surface area contributed by atoms with Crippen molar-refractivity contribution in [1.82, 2.24) is 9.97 Å². The first-order valence-electron chi connectivity index (χ1n) is 3.29. The van der Waals surface area contributed by atoms with Crippen LogP contribution in [0.15, 0.2) is 10.7 Å². The van der Waals surface area contributed by atoms with Crippen LogP contribution in [-0.4, -0.2) is 9.97 Å². The highest BCUT2D eigenvalue weighted by Crippen LogP contribution is 2.17. The van der Waals surface area contributed by atoms with Gasteiger partial charge in [0, 0.05) is 5.69 Å². The van der Waals surface area contributed by atoms with E-state index in [1.54, 1.807) is 0 Å². The van der Waals surface area contributed by atoms with Crippen molar-refractivity contribution in [2.75, 3.05) is 0 Å². The molecule has 0 unspecified atom stereocenters. The van der Waals surface area contributed by atoms with Crippen LogP contribution in [0.2, 0.25) is 5.28 Å². The van der Waals surface area contributed by atoms with E-state index in [0.717, 1.165) is 10.3 Å². The highest BCUT2D eigenvalue weighted by molar-refractivity contribution is 9.10. The average Bonchev–Trinajstić information content (AvgIpc) is 1.85. The van der Waals surface area contributed by atoms with Gasteiger partial charge >= 0.3 is 0 Å². The molecule has 0 aliphatic carbocycles. The van der Waals surface area contributed by atoms with Crippen LogP contribution in [0.5, 0.6) is 0 Å². The summed E-state index contributed by atoms with van der Waals surface area (Å²) < 4.78 is 0.737. The lowest BCUT2D eigenvalue weighted by Crippen LogP contribution is -1.94. The van der Waals surface area contributed by atoms with E-state index in [9.17, 15) is 0 Å². The molecule has 1 aromatic heterocycles. The molecule has 0 atom stereocenters. The zero-order valence-corrected chi connectivity index (χ0v) is 8.65. The third-order valence-electron chi connectivity index (χ3n) is 1.28. The number of rotatable bonds is 1. The van der Waals surface area contributed by atoms with E-state index in [1.807, 2.05) is 6.07 Å². The summed E-state index contributed by atoms with van der Waals surface area (Å²) in [4.78, 5) is 7.95. The molecule has 4 heteroatoms. The van der Waals surface area contributed by atoms with Gasteiger partial charge in [-0.25, -0.2) is 9.97 Å². The number of nitrogens with zero attached hydrogens (tertiary/aromatic N) is 2. The van der Waals surface area contributed by atoms with Crippen LogP contribution >= 0.6 is 27.5 Å². The molecule has 2 nitrogen and oxygen atoms in total. The summed E-state index contributed by atoms with van der Waals surface area (Å²) in [5.74, 6) is 0.381. The van der Waals surface area contributed by atoms with E-state index in [-0.39, 0.29) is 0 Å². The molecule has 0 N–H and O–H groups in total. The minimum Gasteiger partial charge on any atom is -0.223 e. The van der Waals surface area contributed by atoms with Crippen LogP contribution < -0.4 is 0 Å². The maximum Gasteiger partial charge on any atom is 0.223 e. The summed E-state index contributed by atoms with van der Waals surface area (Å²) in [5, 5.41) is 0.295. The van der Waals surface area contributed by atoms with Gasteiger partial charge < -0.3 is 0 Å². The lowest BCUT2D eigenvalue weighted by molar-refractivity contribution is 0.811. The topological polar surface area (TPSA) is 25.8 Å². The number of hydrogen-bond donors (Lipinski definition) is 0. The molecule has 0 saturated carbocycles. The van der Waals surface area contributed by atoms with Gasteiger partial charge in [-0.2, -0.15) is 0 Å². The lowest BCUT2D eigenvalue weighted by atomic mass is 10.1. The zero-order valence-electron chi connectivity index (χ0n) is 6.31. The van der Waals surface area contributed by atoms with Gasteiger partial charge in [0.15, 0.2) is 0 Å². The molecule has 1 rings (SSSR count). The quantitative estimate of drug-likeness (QED) is 0.552. The van der Waals surface area contributed by atoms with Crippen molar-refractivity contribution in [3.8, 4) is 0 Å². The van der Waals surface area contributed by atoms with E-state index in [4.69, 9.17) is 11.6 Å². The standard InChI is InChI=1S/C7H8BrClN2/c1-4(2)5-3-6(8)11-7(9)10-5/h3-4H,1-2H3. The summed E-state index contributed by atoms with van der Waals surface area (Å²) in [6, 6.07) is 1.87. The molecular weight excluding hydrogens is 227 g/mol. The number of halogens is 2. The van der Waals surface area contributed by atoms with Crippen LogP contribution in [0.1, 0.15) is 25.5 Å². The third kappa shape index (κ3) is 2.42. The fourth-order valence-corrected chi connectivity index (χ4v) is 1.40. The van der Waals surface area contributed by atoms with Crippen LogP contribution in [0.25, 0.3) is 0 Å². The Hall–Kier alpha value is -0.150. The predicted octanol–water partition coefficient (Wildman–Crippen LogP) is 3.02. The first kappa shape index (κ1) is 8.94. The van der Waals surface area contributed by atoms with E-state index < -0.39 is 0 Å². The van der Waals surface area contributed by atoms with Gasteiger partial charge in [0.25, 0.3) is 0 Å². The van der Waals surface area contributed by atoms with E-state index in [0.29, 0.717) is 11.2 Å². The Morgan fingerprint density at radius 1 is 1.45 bits per heavy atom. The van der Waals surface area contributed by atoms with E-state index >= 15 is 0 Å². The summed E-state index contributed by atoms with van der Waals surface area (Å²) in [5.41, 5.74) is 0.955. The fraction of sp³-hybridized carbons (Fsp3) is 0.429. The molecule has 11 heavy (non-hydrogen) atoms. The molecule has 0 aromatic carbocycles. The van der Waals surface area contributed by atoms with Gasteiger partial charge in [0.05, 0.1) is 0 Å². The smallest absolute Gasteiger partial charge is 0.223 e. The SMILES string of the molecule is CC(C)c1cc(Br)nc(Cl)n1. The Morgan fingerprint density at radius 3 is 2.55 bits per heavy atom. The molecule has 0 spiro atoms. The molecule has 60 valence electrons. The van der Waals surface area contributed by atoms with Gasteiger partial charge in [-0.1, -0.05) is 13.8 Å². The van der Waals surface area contributed by atoms with Crippen molar-refractivity contribution in [3.63, 3.8) is 0 Å². The summed E-state index contributed by atoms with van der Waals surface area (Å²) in [7, 11) is 0.